The predicted molar refractivity (Wildman–Crippen MR) is 76.3 cm³/mol. The molecule has 0 aliphatic rings. The topological polar surface area (TPSA) is 50.4 Å². The molecular weight excluding hydrogens is 240 g/mol. The highest BCUT2D eigenvalue weighted by Gasteiger charge is 2.03. The molecule has 2 N–H and O–H groups in total. The van der Waals surface area contributed by atoms with Crippen LogP contribution in [0.3, 0.4) is 0 Å². The quantitative estimate of drug-likeness (QED) is 0.827. The third-order valence-corrected chi connectivity index (χ3v) is 2.69. The summed E-state index contributed by atoms with van der Waals surface area (Å²) in [4.78, 5) is 11.2. The first-order chi connectivity index (χ1) is 9.20. The van der Waals surface area contributed by atoms with Crippen molar-refractivity contribution in [3.63, 3.8) is 0 Å². The molecule has 0 unspecified atom stereocenters. The zero-order chi connectivity index (χ0) is 13.7. The molecule has 0 aromatic heterocycles. The van der Waals surface area contributed by atoms with Crippen LogP contribution in [0.4, 0.5) is 4.79 Å². The Hall–Kier alpha value is -2.49. The van der Waals surface area contributed by atoms with E-state index in [0.29, 0.717) is 12.3 Å². The van der Waals surface area contributed by atoms with Gasteiger partial charge < -0.3 is 4.74 Å². The Morgan fingerprint density at radius 1 is 1.16 bits per heavy atom. The molecule has 2 rings (SSSR count). The van der Waals surface area contributed by atoms with E-state index in [-0.39, 0.29) is 0 Å². The molecule has 0 bridgehead atoms. The van der Waals surface area contributed by atoms with Crippen LogP contribution in [0.25, 0.3) is 16.5 Å². The summed E-state index contributed by atoms with van der Waals surface area (Å²) in [5, 5.41) is 2.29. The smallest absolute Gasteiger partial charge is 0.425 e. The number of nitrogens with one attached hydrogen (secondary N) is 2. The van der Waals surface area contributed by atoms with Gasteiger partial charge in [0.2, 0.25) is 0 Å². The molecule has 1 amide bonds. The summed E-state index contributed by atoms with van der Waals surface area (Å²) in [5.41, 5.74) is 6.67. The Balaban J connectivity index is 2.07. The average Bonchev–Trinajstić information content (AvgIpc) is 2.44. The number of hydrogen-bond acceptors (Lipinski definition) is 3. The molecule has 0 saturated heterocycles. The van der Waals surface area contributed by atoms with Gasteiger partial charge >= 0.3 is 6.09 Å². The number of amides is 1. The first-order valence-electron chi connectivity index (χ1n) is 6.07. The Morgan fingerprint density at radius 2 is 1.89 bits per heavy atom. The van der Waals surface area contributed by atoms with Crippen molar-refractivity contribution in [1.29, 1.82) is 0 Å². The van der Waals surface area contributed by atoms with E-state index in [4.69, 9.17) is 4.74 Å². The monoisotopic (exact) mass is 256 g/mol. The highest BCUT2D eigenvalue weighted by molar-refractivity contribution is 5.86. The number of benzene rings is 2. The summed E-state index contributed by atoms with van der Waals surface area (Å²) in [6, 6.07) is 14.0. The molecule has 4 nitrogen and oxygen atoms in total. The number of rotatable bonds is 4. The zero-order valence-corrected chi connectivity index (χ0v) is 10.8. The van der Waals surface area contributed by atoms with Crippen LogP contribution in [0.15, 0.2) is 49.0 Å². The largest absolute Gasteiger partial charge is 0.449 e. The minimum Gasteiger partial charge on any atom is -0.449 e. The van der Waals surface area contributed by atoms with Gasteiger partial charge in [-0.3, -0.25) is 5.43 Å². The normalized spacial score (nSPS) is 9.95. The number of hydrogen-bond donors (Lipinski definition) is 2. The minimum absolute atomic E-state index is 0.329. The Bertz CT molecular complexity index is 608. The molecule has 0 radical (unpaired) electrons. The van der Waals surface area contributed by atoms with Gasteiger partial charge in [0, 0.05) is 0 Å². The van der Waals surface area contributed by atoms with E-state index in [1.165, 1.54) is 0 Å². The first kappa shape index (κ1) is 13.0. The molecule has 0 fully saturated rings. The van der Waals surface area contributed by atoms with Gasteiger partial charge in [-0.25, -0.2) is 10.2 Å². The van der Waals surface area contributed by atoms with Crippen molar-refractivity contribution in [2.45, 2.75) is 6.92 Å². The van der Waals surface area contributed by atoms with Crippen LogP contribution in [0.1, 0.15) is 12.5 Å². The fourth-order valence-corrected chi connectivity index (χ4v) is 1.74. The highest BCUT2D eigenvalue weighted by Crippen LogP contribution is 2.18. The lowest BCUT2D eigenvalue weighted by Gasteiger charge is -2.11. The van der Waals surface area contributed by atoms with Gasteiger partial charge in [0.25, 0.3) is 0 Å². The number of ether oxygens (including phenoxy) is 1. The Kier molecular flexibility index (Phi) is 4.03. The predicted octanol–water partition coefficient (Wildman–Crippen LogP) is 3.06. The molecule has 4 heteroatoms. The van der Waals surface area contributed by atoms with Crippen LogP contribution in [0, 0.1) is 0 Å². The van der Waals surface area contributed by atoms with E-state index in [9.17, 15) is 4.79 Å². The van der Waals surface area contributed by atoms with Crippen molar-refractivity contribution < 1.29 is 9.53 Å². The summed E-state index contributed by atoms with van der Waals surface area (Å²) in [6.07, 6.45) is -0.524. The van der Waals surface area contributed by atoms with E-state index in [1.807, 2.05) is 42.5 Å². The number of fused-ring (bicyclic) bond motifs is 1. The van der Waals surface area contributed by atoms with Crippen molar-refractivity contribution in [2.75, 3.05) is 6.61 Å². The van der Waals surface area contributed by atoms with Gasteiger partial charge in [-0.1, -0.05) is 43.0 Å². The summed E-state index contributed by atoms with van der Waals surface area (Å²) in [6.45, 7) is 5.96. The van der Waals surface area contributed by atoms with Crippen LogP contribution in [-0.2, 0) is 4.74 Å². The van der Waals surface area contributed by atoms with Crippen LogP contribution in [-0.4, -0.2) is 12.7 Å². The van der Waals surface area contributed by atoms with Crippen LogP contribution in [0.5, 0.6) is 0 Å². The molecule has 98 valence electrons. The molecule has 19 heavy (non-hydrogen) atoms. The van der Waals surface area contributed by atoms with Gasteiger partial charge in [-0.2, -0.15) is 0 Å². The minimum atomic E-state index is -0.524. The van der Waals surface area contributed by atoms with E-state index in [1.54, 1.807) is 6.92 Å². The maximum Gasteiger partial charge on any atom is 0.425 e. The second kappa shape index (κ2) is 5.91. The highest BCUT2D eigenvalue weighted by atomic mass is 16.5. The van der Waals surface area contributed by atoms with Crippen molar-refractivity contribution in [2.24, 2.45) is 0 Å². The van der Waals surface area contributed by atoms with Crippen molar-refractivity contribution >= 4 is 22.6 Å². The number of carbonyl (C=O) groups excluding carboxylic acids is 1. The second-order valence-electron chi connectivity index (χ2n) is 4.01. The molecule has 0 saturated carbocycles. The molecular formula is C15H16N2O2. The standard InChI is InChI=1S/C15H16N2O2/c1-3-19-15(18)17-16-11(2)13-9-8-12-6-4-5-7-14(12)10-13/h4-10,16H,2-3H2,1H3,(H,17,18). The molecule has 0 heterocycles. The lowest BCUT2D eigenvalue weighted by Crippen LogP contribution is -2.36. The van der Waals surface area contributed by atoms with Crippen LogP contribution < -0.4 is 10.9 Å². The lowest BCUT2D eigenvalue weighted by molar-refractivity contribution is 0.149. The van der Waals surface area contributed by atoms with Gasteiger partial charge in [0.1, 0.15) is 0 Å². The summed E-state index contributed by atoms with van der Waals surface area (Å²) in [7, 11) is 0. The summed E-state index contributed by atoms with van der Waals surface area (Å²) < 4.78 is 4.74. The van der Waals surface area contributed by atoms with Crippen molar-refractivity contribution in [3.8, 4) is 0 Å². The average molecular weight is 256 g/mol. The second-order valence-corrected chi connectivity index (χ2v) is 4.01. The first-order valence-corrected chi connectivity index (χ1v) is 6.07. The SMILES string of the molecule is C=C(NNC(=O)OCC)c1ccc2ccccc2c1. The van der Waals surface area contributed by atoms with Gasteiger partial charge in [0.15, 0.2) is 0 Å². The zero-order valence-electron chi connectivity index (χ0n) is 10.8. The van der Waals surface area contributed by atoms with E-state index in [0.717, 1.165) is 16.3 Å². The van der Waals surface area contributed by atoms with Crippen LogP contribution >= 0.6 is 0 Å². The number of carbonyl (C=O) groups is 1. The maximum atomic E-state index is 11.2. The van der Waals surface area contributed by atoms with E-state index >= 15 is 0 Å². The molecule has 0 spiro atoms. The molecule has 0 aliphatic carbocycles. The van der Waals surface area contributed by atoms with Crippen molar-refractivity contribution in [1.82, 2.24) is 10.9 Å². The fraction of sp³-hybridized carbons (Fsp3) is 0.133. The summed E-state index contributed by atoms with van der Waals surface area (Å²) in [5.74, 6) is 0. The fourth-order valence-electron chi connectivity index (χ4n) is 1.74. The lowest BCUT2D eigenvalue weighted by atomic mass is 10.1. The molecule has 2 aromatic rings. The van der Waals surface area contributed by atoms with Gasteiger partial charge in [-0.15, -0.1) is 0 Å². The van der Waals surface area contributed by atoms with Gasteiger partial charge in [-0.05, 0) is 29.3 Å². The molecule has 2 aromatic carbocycles. The van der Waals surface area contributed by atoms with E-state index < -0.39 is 6.09 Å². The van der Waals surface area contributed by atoms with E-state index in [2.05, 4.69) is 17.4 Å². The Morgan fingerprint density at radius 3 is 2.63 bits per heavy atom. The van der Waals surface area contributed by atoms with Crippen molar-refractivity contribution in [3.05, 3.63) is 54.6 Å². The molecule has 0 atom stereocenters. The maximum absolute atomic E-state index is 11.2. The Labute approximate surface area is 112 Å². The third-order valence-electron chi connectivity index (χ3n) is 2.69. The molecule has 0 aliphatic heterocycles. The summed E-state index contributed by atoms with van der Waals surface area (Å²) >= 11 is 0. The van der Waals surface area contributed by atoms with Gasteiger partial charge in [0.05, 0.1) is 12.3 Å². The number of hydrazine groups is 1. The van der Waals surface area contributed by atoms with Crippen LogP contribution in [0.2, 0.25) is 0 Å². The third kappa shape index (κ3) is 3.25.